The van der Waals surface area contributed by atoms with Gasteiger partial charge in [0.1, 0.15) is 0 Å². The van der Waals surface area contributed by atoms with Gasteiger partial charge in [-0.15, -0.1) is 4.83 Å². The summed E-state index contributed by atoms with van der Waals surface area (Å²) in [6, 6.07) is 4.82. The Hall–Kier alpha value is -1.55. The molecule has 9 heteroatoms. The zero-order valence-electron chi connectivity index (χ0n) is 11.0. The van der Waals surface area contributed by atoms with Gasteiger partial charge in [0.2, 0.25) is 0 Å². The molecule has 110 valence electrons. The number of rotatable bonds is 4. The fourth-order valence-corrected chi connectivity index (χ4v) is 2.99. The molecule has 1 aromatic carbocycles. The number of nitro benzene ring substituents is 1. The lowest BCUT2D eigenvalue weighted by molar-refractivity contribution is -0.384. The lowest BCUT2D eigenvalue weighted by Crippen LogP contribution is -2.52. The van der Waals surface area contributed by atoms with Crippen LogP contribution in [0.2, 0.25) is 0 Å². The summed E-state index contributed by atoms with van der Waals surface area (Å²) in [4.78, 5) is 14.6. The monoisotopic (exact) mass is 300 g/mol. The molecule has 0 bridgehead atoms. The molecule has 0 aromatic heterocycles. The highest BCUT2D eigenvalue weighted by Crippen LogP contribution is 2.16. The van der Waals surface area contributed by atoms with E-state index in [1.165, 1.54) is 24.3 Å². The van der Waals surface area contributed by atoms with Crippen LogP contribution in [0.4, 0.5) is 5.69 Å². The maximum absolute atomic E-state index is 12.1. The summed E-state index contributed by atoms with van der Waals surface area (Å²) < 4.78 is 24.3. The van der Waals surface area contributed by atoms with Gasteiger partial charge in [0.25, 0.3) is 15.7 Å². The molecule has 1 aliphatic heterocycles. The van der Waals surface area contributed by atoms with E-state index in [4.69, 9.17) is 0 Å². The van der Waals surface area contributed by atoms with Crippen molar-refractivity contribution in [3.63, 3.8) is 0 Å². The van der Waals surface area contributed by atoms with Gasteiger partial charge in [-0.05, 0) is 19.2 Å². The summed E-state index contributed by atoms with van der Waals surface area (Å²) in [7, 11) is -1.71. The first-order chi connectivity index (χ1) is 9.38. The normalized spacial score (nSPS) is 18.1. The number of hydrazine groups is 1. The van der Waals surface area contributed by atoms with Crippen LogP contribution >= 0.6 is 0 Å². The Morgan fingerprint density at radius 1 is 1.15 bits per heavy atom. The van der Waals surface area contributed by atoms with E-state index in [1.807, 2.05) is 7.05 Å². The number of nitrogens with one attached hydrogen (secondary N) is 1. The highest BCUT2D eigenvalue weighted by atomic mass is 32.2. The predicted octanol–water partition coefficient (Wildman–Crippen LogP) is 0.0355. The van der Waals surface area contributed by atoms with Crippen molar-refractivity contribution in [2.75, 3.05) is 33.2 Å². The standard InChI is InChI=1S/C11H16N4O4S/c1-13-6-8-14(9-7-13)12-20(18,19)11-4-2-10(3-5-11)15(16)17/h2-5,12H,6-9H2,1H3. The second-order valence-corrected chi connectivity index (χ2v) is 6.30. The molecular formula is C11H16N4O4S. The molecule has 1 N–H and O–H groups in total. The van der Waals surface area contributed by atoms with Gasteiger partial charge in [0.05, 0.1) is 9.82 Å². The van der Waals surface area contributed by atoms with Crippen LogP contribution in [0.5, 0.6) is 0 Å². The largest absolute Gasteiger partial charge is 0.304 e. The van der Waals surface area contributed by atoms with Gasteiger partial charge in [-0.2, -0.15) is 0 Å². The Bertz CT molecular complexity index is 579. The van der Waals surface area contributed by atoms with Crippen molar-refractivity contribution in [3.05, 3.63) is 34.4 Å². The second-order valence-electron chi connectivity index (χ2n) is 4.64. The number of nitro groups is 1. The average Bonchev–Trinajstić information content (AvgIpc) is 2.41. The Labute approximate surface area is 117 Å². The van der Waals surface area contributed by atoms with E-state index in [0.29, 0.717) is 13.1 Å². The molecule has 2 rings (SSSR count). The van der Waals surface area contributed by atoms with Crippen LogP contribution in [0.3, 0.4) is 0 Å². The fraction of sp³-hybridized carbons (Fsp3) is 0.455. The number of nitrogens with zero attached hydrogens (tertiary/aromatic N) is 3. The maximum Gasteiger partial charge on any atom is 0.269 e. The van der Waals surface area contributed by atoms with Crippen LogP contribution < -0.4 is 4.83 Å². The van der Waals surface area contributed by atoms with Gasteiger partial charge < -0.3 is 4.90 Å². The number of benzene rings is 1. The summed E-state index contributed by atoms with van der Waals surface area (Å²) in [6.45, 7) is 2.76. The van der Waals surface area contributed by atoms with Crippen molar-refractivity contribution in [1.29, 1.82) is 0 Å². The molecule has 0 unspecified atom stereocenters. The highest BCUT2D eigenvalue weighted by molar-refractivity contribution is 7.89. The summed E-state index contributed by atoms with van der Waals surface area (Å²) in [5.74, 6) is 0. The molecule has 0 amide bonds. The van der Waals surface area contributed by atoms with Crippen LogP contribution in [-0.2, 0) is 10.0 Å². The third kappa shape index (κ3) is 3.51. The van der Waals surface area contributed by atoms with Gasteiger partial charge in [-0.3, -0.25) is 10.1 Å². The molecule has 1 saturated heterocycles. The molecule has 1 heterocycles. The van der Waals surface area contributed by atoms with Gasteiger partial charge in [0.15, 0.2) is 0 Å². The topological polar surface area (TPSA) is 95.8 Å². The van der Waals surface area contributed by atoms with E-state index in [1.54, 1.807) is 5.01 Å². The molecular weight excluding hydrogens is 284 g/mol. The second kappa shape index (κ2) is 5.83. The van der Waals surface area contributed by atoms with E-state index in [2.05, 4.69) is 9.73 Å². The predicted molar refractivity (Wildman–Crippen MR) is 72.5 cm³/mol. The summed E-state index contributed by atoms with van der Waals surface area (Å²) in [5.41, 5.74) is -0.136. The number of sulfonamides is 1. The Kier molecular flexibility index (Phi) is 4.33. The Balaban J connectivity index is 2.08. The van der Waals surface area contributed by atoms with E-state index in [0.717, 1.165) is 13.1 Å². The number of piperazine rings is 1. The van der Waals surface area contributed by atoms with E-state index < -0.39 is 14.9 Å². The van der Waals surface area contributed by atoms with Gasteiger partial charge in [-0.25, -0.2) is 13.4 Å². The third-order valence-electron chi connectivity index (χ3n) is 3.11. The molecule has 0 spiro atoms. The SMILES string of the molecule is CN1CCN(NS(=O)(=O)c2ccc([N+](=O)[O-])cc2)CC1. The number of likely N-dealkylation sites (N-methyl/N-ethyl adjacent to an activating group) is 1. The first kappa shape index (κ1) is 14.9. The van der Waals surface area contributed by atoms with Crippen molar-refractivity contribution < 1.29 is 13.3 Å². The van der Waals surface area contributed by atoms with Crippen LogP contribution in [0.1, 0.15) is 0 Å². The third-order valence-corrected chi connectivity index (χ3v) is 4.50. The van der Waals surface area contributed by atoms with Crippen molar-refractivity contribution in [1.82, 2.24) is 14.7 Å². The molecule has 0 saturated carbocycles. The Morgan fingerprint density at radius 2 is 1.70 bits per heavy atom. The van der Waals surface area contributed by atoms with Gasteiger partial charge in [0, 0.05) is 38.3 Å². The van der Waals surface area contributed by atoms with Gasteiger partial charge in [-0.1, -0.05) is 0 Å². The summed E-state index contributed by atoms with van der Waals surface area (Å²) >= 11 is 0. The van der Waals surface area contributed by atoms with Gasteiger partial charge >= 0.3 is 0 Å². The average molecular weight is 300 g/mol. The number of hydrogen-bond acceptors (Lipinski definition) is 6. The van der Waals surface area contributed by atoms with Crippen LogP contribution in [0.15, 0.2) is 29.2 Å². The first-order valence-corrected chi connectivity index (χ1v) is 7.57. The minimum Gasteiger partial charge on any atom is -0.304 e. The molecule has 8 nitrogen and oxygen atoms in total. The van der Waals surface area contributed by atoms with E-state index in [9.17, 15) is 18.5 Å². The smallest absolute Gasteiger partial charge is 0.269 e. The first-order valence-electron chi connectivity index (χ1n) is 6.09. The van der Waals surface area contributed by atoms with Crippen LogP contribution in [0, 0.1) is 10.1 Å². The zero-order chi connectivity index (χ0) is 14.8. The van der Waals surface area contributed by atoms with Crippen LogP contribution in [-0.4, -0.2) is 56.5 Å². The molecule has 0 aliphatic carbocycles. The quantitative estimate of drug-likeness (QED) is 0.623. The number of non-ortho nitro benzene ring substituents is 1. The van der Waals surface area contributed by atoms with E-state index >= 15 is 0 Å². The maximum atomic E-state index is 12.1. The number of hydrogen-bond donors (Lipinski definition) is 1. The van der Waals surface area contributed by atoms with E-state index in [-0.39, 0.29) is 10.6 Å². The van der Waals surface area contributed by atoms with Crippen molar-refractivity contribution in [3.8, 4) is 0 Å². The molecule has 1 fully saturated rings. The van der Waals surface area contributed by atoms with Crippen molar-refractivity contribution >= 4 is 15.7 Å². The lowest BCUT2D eigenvalue weighted by atomic mass is 10.3. The zero-order valence-corrected chi connectivity index (χ0v) is 11.8. The minimum atomic E-state index is -3.69. The molecule has 0 atom stereocenters. The molecule has 1 aromatic rings. The summed E-state index contributed by atoms with van der Waals surface area (Å²) in [6.07, 6.45) is 0. The Morgan fingerprint density at radius 3 is 2.20 bits per heavy atom. The lowest BCUT2D eigenvalue weighted by Gasteiger charge is -2.32. The van der Waals surface area contributed by atoms with Crippen molar-refractivity contribution in [2.24, 2.45) is 0 Å². The minimum absolute atomic E-state index is 0.0158. The molecule has 20 heavy (non-hydrogen) atoms. The fourth-order valence-electron chi connectivity index (χ4n) is 1.87. The van der Waals surface area contributed by atoms with Crippen molar-refractivity contribution in [2.45, 2.75) is 4.90 Å². The summed E-state index contributed by atoms with van der Waals surface area (Å²) in [5, 5.41) is 12.2. The van der Waals surface area contributed by atoms with Crippen LogP contribution in [0.25, 0.3) is 0 Å². The molecule has 1 aliphatic rings. The molecule has 0 radical (unpaired) electrons. The highest BCUT2D eigenvalue weighted by Gasteiger charge is 2.21.